The van der Waals surface area contributed by atoms with E-state index in [1.165, 1.54) is 0 Å². The third-order valence-corrected chi connectivity index (χ3v) is 6.83. The average Bonchev–Trinajstić information content (AvgIpc) is 2.99. The number of hydrogen-bond donors (Lipinski definition) is 0. The molecule has 0 radical (unpaired) electrons. The number of carbonyl (C=O) groups is 2. The van der Waals surface area contributed by atoms with Crippen molar-refractivity contribution in [3.63, 3.8) is 0 Å². The summed E-state index contributed by atoms with van der Waals surface area (Å²) in [7, 11) is 1.66. The summed E-state index contributed by atoms with van der Waals surface area (Å²) in [6.07, 6.45) is 4.39. The number of para-hydroxylation sites is 2. The molecular formula is C32H37N3O4. The lowest BCUT2D eigenvalue weighted by molar-refractivity contribution is -0.135. The van der Waals surface area contributed by atoms with E-state index in [1.807, 2.05) is 107 Å². The zero-order valence-corrected chi connectivity index (χ0v) is 22.6. The summed E-state index contributed by atoms with van der Waals surface area (Å²) in [5.41, 5.74) is 1.98. The second-order valence-electron chi connectivity index (χ2n) is 9.47. The molecule has 7 nitrogen and oxygen atoms in total. The molecule has 0 aliphatic carbocycles. The fraction of sp³-hybridized carbons (Fsp3) is 0.312. The van der Waals surface area contributed by atoms with Crippen LogP contribution in [-0.2, 0) is 16.0 Å². The van der Waals surface area contributed by atoms with Crippen LogP contribution in [0.5, 0.6) is 11.5 Å². The molecule has 0 N–H and O–H groups in total. The molecule has 0 aromatic heterocycles. The Morgan fingerprint density at radius 3 is 2.26 bits per heavy atom. The van der Waals surface area contributed by atoms with Gasteiger partial charge < -0.3 is 19.3 Å². The quantitative estimate of drug-likeness (QED) is 0.356. The van der Waals surface area contributed by atoms with Gasteiger partial charge in [0.25, 0.3) is 5.91 Å². The molecule has 7 heteroatoms. The van der Waals surface area contributed by atoms with Crippen LogP contribution in [0.15, 0.2) is 91.0 Å². The Hall–Kier alpha value is -4.10. The Morgan fingerprint density at radius 2 is 1.54 bits per heavy atom. The standard InChI is InChI=1S/C32H37N3O4/c1-38-30-17-9-8-13-28(30)14-10-18-34(31(36)25-27-11-4-2-5-12-27)22-19-33-20-23-35(24-21-33)32(37)26-39-29-15-6-3-7-16-29/h2-17H,18-26H2,1H3/b14-10+. The lowest BCUT2D eigenvalue weighted by Gasteiger charge is -2.35. The van der Waals surface area contributed by atoms with Gasteiger partial charge in [-0.15, -0.1) is 0 Å². The minimum absolute atomic E-state index is 0.000328. The SMILES string of the molecule is COc1ccccc1/C=C/CN(CCN1CCN(C(=O)COc2ccccc2)CC1)C(=O)Cc1ccccc1. The normalized spacial score (nSPS) is 13.8. The molecule has 1 heterocycles. The topological polar surface area (TPSA) is 62.3 Å². The van der Waals surface area contributed by atoms with Gasteiger partial charge in [0.15, 0.2) is 6.61 Å². The summed E-state index contributed by atoms with van der Waals surface area (Å²) in [6.45, 7) is 4.79. The smallest absolute Gasteiger partial charge is 0.260 e. The highest BCUT2D eigenvalue weighted by molar-refractivity contribution is 5.79. The number of methoxy groups -OCH3 is 1. The average molecular weight is 528 g/mol. The van der Waals surface area contributed by atoms with Gasteiger partial charge in [-0.25, -0.2) is 0 Å². The molecule has 1 fully saturated rings. The van der Waals surface area contributed by atoms with Crippen molar-refractivity contribution in [2.75, 3.05) is 59.5 Å². The molecular weight excluding hydrogens is 490 g/mol. The first-order valence-electron chi connectivity index (χ1n) is 13.4. The van der Waals surface area contributed by atoms with Gasteiger partial charge in [-0.1, -0.05) is 78.9 Å². The monoisotopic (exact) mass is 527 g/mol. The number of ether oxygens (including phenoxy) is 2. The number of nitrogens with zero attached hydrogens (tertiary/aromatic N) is 3. The van der Waals surface area contributed by atoms with Crippen LogP contribution in [0.25, 0.3) is 6.08 Å². The fourth-order valence-electron chi connectivity index (χ4n) is 4.55. The molecule has 0 atom stereocenters. The first kappa shape index (κ1) is 27.9. The van der Waals surface area contributed by atoms with Crippen LogP contribution in [0.2, 0.25) is 0 Å². The molecule has 2 amide bonds. The van der Waals surface area contributed by atoms with Crippen molar-refractivity contribution in [1.82, 2.24) is 14.7 Å². The molecule has 39 heavy (non-hydrogen) atoms. The first-order chi connectivity index (χ1) is 19.1. The lowest BCUT2D eigenvalue weighted by atomic mass is 10.1. The maximum atomic E-state index is 13.3. The predicted molar refractivity (Wildman–Crippen MR) is 154 cm³/mol. The van der Waals surface area contributed by atoms with Gasteiger partial charge in [0.1, 0.15) is 11.5 Å². The van der Waals surface area contributed by atoms with Crippen LogP contribution in [0.4, 0.5) is 0 Å². The van der Waals surface area contributed by atoms with Crippen LogP contribution in [0.1, 0.15) is 11.1 Å². The third kappa shape index (κ3) is 8.72. The van der Waals surface area contributed by atoms with Gasteiger partial charge in [0.2, 0.25) is 5.91 Å². The molecule has 204 valence electrons. The number of benzene rings is 3. The summed E-state index contributed by atoms with van der Waals surface area (Å²) in [4.78, 5) is 31.9. The zero-order chi connectivity index (χ0) is 27.3. The Kier molecular flexibility index (Phi) is 10.6. The van der Waals surface area contributed by atoms with Gasteiger partial charge in [-0.05, 0) is 23.8 Å². The maximum absolute atomic E-state index is 13.3. The summed E-state index contributed by atoms with van der Waals surface area (Å²) in [5, 5.41) is 0. The summed E-state index contributed by atoms with van der Waals surface area (Å²) in [6, 6.07) is 27.1. The van der Waals surface area contributed by atoms with Crippen molar-refractivity contribution < 1.29 is 19.1 Å². The second-order valence-corrected chi connectivity index (χ2v) is 9.47. The van der Waals surface area contributed by atoms with E-state index in [9.17, 15) is 9.59 Å². The van der Waals surface area contributed by atoms with Crippen molar-refractivity contribution in [3.05, 3.63) is 102 Å². The summed E-state index contributed by atoms with van der Waals surface area (Å²) >= 11 is 0. The molecule has 0 spiro atoms. The van der Waals surface area contributed by atoms with Crippen molar-refractivity contribution in [1.29, 1.82) is 0 Å². The molecule has 1 aliphatic heterocycles. The fourth-order valence-corrected chi connectivity index (χ4v) is 4.55. The highest BCUT2D eigenvalue weighted by Gasteiger charge is 2.22. The van der Waals surface area contributed by atoms with E-state index in [0.717, 1.165) is 36.5 Å². The molecule has 1 saturated heterocycles. The third-order valence-electron chi connectivity index (χ3n) is 6.83. The van der Waals surface area contributed by atoms with E-state index in [4.69, 9.17) is 9.47 Å². The molecule has 0 saturated carbocycles. The highest BCUT2D eigenvalue weighted by atomic mass is 16.5. The van der Waals surface area contributed by atoms with E-state index in [-0.39, 0.29) is 18.4 Å². The Morgan fingerprint density at radius 1 is 0.872 bits per heavy atom. The Labute approximate surface area is 231 Å². The molecule has 0 unspecified atom stereocenters. The Balaban J connectivity index is 1.29. The molecule has 4 rings (SSSR count). The number of amides is 2. The van der Waals surface area contributed by atoms with Gasteiger partial charge >= 0.3 is 0 Å². The Bertz CT molecular complexity index is 1210. The van der Waals surface area contributed by atoms with Gasteiger partial charge in [0.05, 0.1) is 13.5 Å². The van der Waals surface area contributed by atoms with Crippen molar-refractivity contribution in [3.8, 4) is 11.5 Å². The van der Waals surface area contributed by atoms with E-state index in [0.29, 0.717) is 38.3 Å². The van der Waals surface area contributed by atoms with E-state index >= 15 is 0 Å². The van der Waals surface area contributed by atoms with Gasteiger partial charge in [0, 0.05) is 51.4 Å². The van der Waals surface area contributed by atoms with Gasteiger partial charge in [-0.2, -0.15) is 0 Å². The number of rotatable bonds is 12. The van der Waals surface area contributed by atoms with Crippen LogP contribution >= 0.6 is 0 Å². The lowest BCUT2D eigenvalue weighted by Crippen LogP contribution is -2.51. The van der Waals surface area contributed by atoms with Crippen molar-refractivity contribution >= 4 is 17.9 Å². The zero-order valence-electron chi connectivity index (χ0n) is 22.6. The maximum Gasteiger partial charge on any atom is 0.260 e. The summed E-state index contributed by atoms with van der Waals surface area (Å²) < 4.78 is 11.1. The summed E-state index contributed by atoms with van der Waals surface area (Å²) in [5.74, 6) is 1.60. The number of carbonyl (C=O) groups excluding carboxylic acids is 2. The number of hydrogen-bond acceptors (Lipinski definition) is 5. The van der Waals surface area contributed by atoms with Crippen LogP contribution in [0, 0.1) is 0 Å². The largest absolute Gasteiger partial charge is 0.496 e. The van der Waals surface area contributed by atoms with Crippen LogP contribution in [-0.4, -0.2) is 86.0 Å². The van der Waals surface area contributed by atoms with Crippen molar-refractivity contribution in [2.45, 2.75) is 6.42 Å². The minimum atomic E-state index is -0.000328. The number of piperazine rings is 1. The molecule has 0 bridgehead atoms. The van der Waals surface area contributed by atoms with Crippen molar-refractivity contribution in [2.24, 2.45) is 0 Å². The molecule has 3 aromatic carbocycles. The van der Waals surface area contributed by atoms with E-state index in [1.54, 1.807) is 7.11 Å². The van der Waals surface area contributed by atoms with E-state index in [2.05, 4.69) is 4.90 Å². The van der Waals surface area contributed by atoms with E-state index < -0.39 is 0 Å². The molecule has 3 aromatic rings. The first-order valence-corrected chi connectivity index (χ1v) is 13.4. The predicted octanol–water partition coefficient (Wildman–Crippen LogP) is 4.00. The van der Waals surface area contributed by atoms with Crippen LogP contribution in [0.3, 0.4) is 0 Å². The van der Waals surface area contributed by atoms with Crippen LogP contribution < -0.4 is 9.47 Å². The van der Waals surface area contributed by atoms with Gasteiger partial charge in [-0.3, -0.25) is 14.5 Å². The highest BCUT2D eigenvalue weighted by Crippen LogP contribution is 2.18. The second kappa shape index (κ2) is 14.7. The minimum Gasteiger partial charge on any atom is -0.496 e. The molecule has 1 aliphatic rings.